The molecule has 92 valence electrons. The molecule has 0 fully saturated rings. The second-order valence-electron chi connectivity index (χ2n) is 4.39. The number of benzene rings is 1. The highest BCUT2D eigenvalue weighted by atomic mass is 14.3. The van der Waals surface area contributed by atoms with E-state index in [0.717, 1.165) is 0 Å². The van der Waals surface area contributed by atoms with Gasteiger partial charge in [-0.2, -0.15) is 0 Å². The fraction of sp³-hybridized carbons (Fsp3) is 0.625. The summed E-state index contributed by atoms with van der Waals surface area (Å²) in [4.78, 5) is 0. The van der Waals surface area contributed by atoms with Gasteiger partial charge in [-0.1, -0.05) is 65.8 Å². The van der Waals surface area contributed by atoms with E-state index in [9.17, 15) is 0 Å². The maximum absolute atomic E-state index is 2.35. The third-order valence-electron chi connectivity index (χ3n) is 2.99. The Morgan fingerprint density at radius 1 is 0.938 bits per heavy atom. The molecule has 1 aromatic rings. The van der Waals surface area contributed by atoms with Crippen LogP contribution in [0.3, 0.4) is 0 Å². The van der Waals surface area contributed by atoms with E-state index in [1.54, 1.807) is 11.1 Å². The second kappa shape index (κ2) is 7.49. The predicted octanol–water partition coefficient (Wildman–Crippen LogP) is 5.35. The molecule has 0 N–H and O–H groups in total. The summed E-state index contributed by atoms with van der Waals surface area (Å²) in [6.07, 6.45) is 3.97. The molecule has 0 saturated carbocycles. The van der Waals surface area contributed by atoms with Crippen LogP contribution < -0.4 is 0 Å². The number of rotatable bonds is 0. The van der Waals surface area contributed by atoms with Crippen molar-refractivity contribution in [1.29, 1.82) is 0 Å². The van der Waals surface area contributed by atoms with Crippen LogP contribution in [0.4, 0.5) is 0 Å². The van der Waals surface area contributed by atoms with Crippen LogP contribution in [0.1, 0.15) is 65.5 Å². The standard InChI is InChI=1S/C12H16.2C2H6/c1-12(2)9-5-7-10-6-3-4-8-11(10)12;2*1-2/h3-4,6,8H,5,7,9H2,1-2H3;2*1-2H3. The van der Waals surface area contributed by atoms with Crippen LogP contribution >= 0.6 is 0 Å². The van der Waals surface area contributed by atoms with Crippen molar-refractivity contribution in [2.45, 2.75) is 66.2 Å². The lowest BCUT2D eigenvalue weighted by atomic mass is 9.73. The van der Waals surface area contributed by atoms with E-state index in [2.05, 4.69) is 38.1 Å². The maximum Gasteiger partial charge on any atom is -0.0101 e. The normalized spacial score (nSPS) is 15.9. The zero-order valence-electron chi connectivity index (χ0n) is 11.9. The molecule has 1 aromatic carbocycles. The molecule has 0 aliphatic heterocycles. The van der Waals surface area contributed by atoms with Gasteiger partial charge in [0, 0.05) is 0 Å². The molecule has 0 aromatic heterocycles. The molecule has 0 saturated heterocycles. The van der Waals surface area contributed by atoms with Gasteiger partial charge in [-0.3, -0.25) is 0 Å². The topological polar surface area (TPSA) is 0 Å². The average molecular weight is 220 g/mol. The third-order valence-corrected chi connectivity index (χ3v) is 2.99. The van der Waals surface area contributed by atoms with Gasteiger partial charge in [-0.15, -0.1) is 0 Å². The fourth-order valence-electron chi connectivity index (χ4n) is 2.25. The Morgan fingerprint density at radius 3 is 2.06 bits per heavy atom. The summed E-state index contributed by atoms with van der Waals surface area (Å²) in [6.45, 7) is 12.7. The molecule has 1 aliphatic carbocycles. The van der Waals surface area contributed by atoms with Gasteiger partial charge < -0.3 is 0 Å². The average Bonchev–Trinajstić information content (AvgIpc) is 2.34. The van der Waals surface area contributed by atoms with Gasteiger partial charge in [0.25, 0.3) is 0 Å². The molecule has 0 unspecified atom stereocenters. The molecule has 0 spiro atoms. The van der Waals surface area contributed by atoms with Crippen molar-refractivity contribution in [1.82, 2.24) is 0 Å². The molecule has 0 heterocycles. The number of aryl methyl sites for hydroxylation is 1. The Kier molecular flexibility index (Phi) is 7.12. The minimum absolute atomic E-state index is 0.412. The highest BCUT2D eigenvalue weighted by Crippen LogP contribution is 2.36. The van der Waals surface area contributed by atoms with E-state index in [1.165, 1.54) is 19.3 Å². The second-order valence-corrected chi connectivity index (χ2v) is 4.39. The Balaban J connectivity index is 0.000000509. The Labute approximate surface area is 102 Å². The maximum atomic E-state index is 2.35. The summed E-state index contributed by atoms with van der Waals surface area (Å²) < 4.78 is 0. The number of hydrogen-bond donors (Lipinski definition) is 0. The van der Waals surface area contributed by atoms with Crippen molar-refractivity contribution < 1.29 is 0 Å². The first-order valence-corrected chi connectivity index (χ1v) is 6.78. The molecule has 2 rings (SSSR count). The minimum atomic E-state index is 0.412. The van der Waals surface area contributed by atoms with E-state index in [0.29, 0.717) is 5.41 Å². The zero-order valence-corrected chi connectivity index (χ0v) is 11.9. The minimum Gasteiger partial charge on any atom is -0.0683 e. The van der Waals surface area contributed by atoms with Crippen molar-refractivity contribution in [3.8, 4) is 0 Å². The summed E-state index contributed by atoms with van der Waals surface area (Å²) >= 11 is 0. The summed E-state index contributed by atoms with van der Waals surface area (Å²) in [7, 11) is 0. The van der Waals surface area contributed by atoms with Crippen LogP contribution in [-0.2, 0) is 11.8 Å². The quantitative estimate of drug-likeness (QED) is 0.552. The number of hydrogen-bond acceptors (Lipinski definition) is 0. The SMILES string of the molecule is CC.CC.CC1(C)CCCc2ccccc21. The highest BCUT2D eigenvalue weighted by Gasteiger charge is 2.26. The van der Waals surface area contributed by atoms with Crippen LogP contribution in [-0.4, -0.2) is 0 Å². The van der Waals surface area contributed by atoms with Gasteiger partial charge in [0.15, 0.2) is 0 Å². The van der Waals surface area contributed by atoms with Crippen molar-refractivity contribution in [2.24, 2.45) is 0 Å². The van der Waals surface area contributed by atoms with Crippen molar-refractivity contribution in [2.75, 3.05) is 0 Å². The summed E-state index contributed by atoms with van der Waals surface area (Å²) in [5.41, 5.74) is 3.54. The Hall–Kier alpha value is -0.780. The van der Waals surface area contributed by atoms with Crippen LogP contribution in [0, 0.1) is 0 Å². The van der Waals surface area contributed by atoms with Crippen molar-refractivity contribution in [3.63, 3.8) is 0 Å². The summed E-state index contributed by atoms with van der Waals surface area (Å²) in [6, 6.07) is 8.87. The first-order valence-electron chi connectivity index (χ1n) is 6.78. The van der Waals surface area contributed by atoms with E-state index >= 15 is 0 Å². The largest absolute Gasteiger partial charge is 0.0683 e. The lowest BCUT2D eigenvalue weighted by molar-refractivity contribution is 0.432. The summed E-state index contributed by atoms with van der Waals surface area (Å²) in [5, 5.41) is 0. The molecular weight excluding hydrogens is 192 g/mol. The monoisotopic (exact) mass is 220 g/mol. The Bertz CT molecular complexity index is 284. The predicted molar refractivity (Wildman–Crippen MR) is 75.1 cm³/mol. The summed E-state index contributed by atoms with van der Waals surface area (Å²) in [5.74, 6) is 0. The molecule has 0 amide bonds. The Morgan fingerprint density at radius 2 is 1.50 bits per heavy atom. The molecule has 1 aliphatic rings. The van der Waals surface area contributed by atoms with Gasteiger partial charge in [0.2, 0.25) is 0 Å². The molecule has 0 radical (unpaired) electrons. The lowest BCUT2D eigenvalue weighted by Crippen LogP contribution is -2.23. The third kappa shape index (κ3) is 3.66. The van der Waals surface area contributed by atoms with Gasteiger partial charge in [-0.25, -0.2) is 0 Å². The van der Waals surface area contributed by atoms with Crippen molar-refractivity contribution in [3.05, 3.63) is 35.4 Å². The number of fused-ring (bicyclic) bond motifs is 1. The highest BCUT2D eigenvalue weighted by molar-refractivity contribution is 5.35. The van der Waals surface area contributed by atoms with Gasteiger partial charge in [0.05, 0.1) is 0 Å². The molecule has 0 bridgehead atoms. The smallest absolute Gasteiger partial charge is 0.0101 e. The molecular formula is C16H28. The van der Waals surface area contributed by atoms with Gasteiger partial charge >= 0.3 is 0 Å². The zero-order chi connectivity index (χ0) is 12.6. The first kappa shape index (κ1) is 15.2. The lowest BCUT2D eigenvalue weighted by Gasteiger charge is -2.32. The van der Waals surface area contributed by atoms with Crippen molar-refractivity contribution >= 4 is 0 Å². The first-order chi connectivity index (χ1) is 7.70. The van der Waals surface area contributed by atoms with E-state index in [-0.39, 0.29) is 0 Å². The molecule has 0 heteroatoms. The molecule has 0 atom stereocenters. The molecule has 16 heavy (non-hydrogen) atoms. The van der Waals surface area contributed by atoms with Gasteiger partial charge in [0.1, 0.15) is 0 Å². The van der Waals surface area contributed by atoms with E-state index < -0.39 is 0 Å². The fourth-order valence-corrected chi connectivity index (χ4v) is 2.25. The van der Waals surface area contributed by atoms with Crippen LogP contribution in [0.5, 0.6) is 0 Å². The van der Waals surface area contributed by atoms with Crippen LogP contribution in [0.15, 0.2) is 24.3 Å². The van der Waals surface area contributed by atoms with Crippen LogP contribution in [0.25, 0.3) is 0 Å². The van der Waals surface area contributed by atoms with Gasteiger partial charge in [-0.05, 0) is 35.8 Å². The van der Waals surface area contributed by atoms with E-state index in [1.807, 2.05) is 27.7 Å². The van der Waals surface area contributed by atoms with Crippen LogP contribution in [0.2, 0.25) is 0 Å². The molecule has 0 nitrogen and oxygen atoms in total. The van der Waals surface area contributed by atoms with E-state index in [4.69, 9.17) is 0 Å².